The summed E-state index contributed by atoms with van der Waals surface area (Å²) in [5.41, 5.74) is -0.708. The lowest BCUT2D eigenvalue weighted by molar-refractivity contribution is -0.200. The van der Waals surface area contributed by atoms with Crippen LogP contribution in [0.3, 0.4) is 0 Å². The van der Waals surface area contributed by atoms with Gasteiger partial charge in [-0.25, -0.2) is 4.79 Å². The number of amides is 1. The summed E-state index contributed by atoms with van der Waals surface area (Å²) in [7, 11) is 0. The topological polar surface area (TPSA) is 32.8 Å². The molecule has 118 valence electrons. The van der Waals surface area contributed by atoms with Gasteiger partial charge in [-0.15, -0.1) is 0 Å². The summed E-state index contributed by atoms with van der Waals surface area (Å²) in [5, 5.41) is 0. The second-order valence-corrected chi connectivity index (χ2v) is 6.32. The van der Waals surface area contributed by atoms with Crippen molar-refractivity contribution in [2.24, 2.45) is 0 Å². The van der Waals surface area contributed by atoms with E-state index in [0.717, 1.165) is 4.90 Å². The van der Waals surface area contributed by atoms with Crippen molar-refractivity contribution in [3.63, 3.8) is 0 Å². The number of rotatable bonds is 1. The highest BCUT2D eigenvalue weighted by atomic mass is 19.4. The zero-order valence-electron chi connectivity index (χ0n) is 12.6. The SMILES string of the molecule is CC(C)N1CCN(C(=O)OC(C)(C)C)CC1C(F)(F)F. The number of piperazine rings is 1. The molecule has 0 aliphatic carbocycles. The van der Waals surface area contributed by atoms with Gasteiger partial charge in [0, 0.05) is 25.7 Å². The molecule has 0 aromatic heterocycles. The van der Waals surface area contributed by atoms with Crippen LogP contribution in [0, 0.1) is 0 Å². The van der Waals surface area contributed by atoms with Crippen LogP contribution in [-0.4, -0.2) is 59.4 Å². The minimum Gasteiger partial charge on any atom is -0.444 e. The lowest BCUT2D eigenvalue weighted by Gasteiger charge is -2.44. The molecule has 20 heavy (non-hydrogen) atoms. The van der Waals surface area contributed by atoms with Crippen LogP contribution in [-0.2, 0) is 4.74 Å². The van der Waals surface area contributed by atoms with Crippen LogP contribution in [0.1, 0.15) is 34.6 Å². The Morgan fingerprint density at radius 2 is 1.75 bits per heavy atom. The Balaban J connectivity index is 2.79. The molecule has 7 heteroatoms. The molecule has 1 heterocycles. The van der Waals surface area contributed by atoms with Gasteiger partial charge in [0.2, 0.25) is 0 Å². The fourth-order valence-electron chi connectivity index (χ4n) is 2.20. The first-order chi connectivity index (χ1) is 8.92. The summed E-state index contributed by atoms with van der Waals surface area (Å²) in [6, 6.07) is -1.86. The molecular formula is C13H23F3N2O2. The number of alkyl halides is 3. The van der Waals surface area contributed by atoms with Crippen LogP contribution >= 0.6 is 0 Å². The second kappa shape index (κ2) is 5.79. The van der Waals surface area contributed by atoms with Crippen LogP contribution in [0.2, 0.25) is 0 Å². The lowest BCUT2D eigenvalue weighted by atomic mass is 10.1. The van der Waals surface area contributed by atoms with E-state index in [1.165, 1.54) is 4.90 Å². The minimum atomic E-state index is -4.36. The van der Waals surface area contributed by atoms with Crippen molar-refractivity contribution in [1.82, 2.24) is 9.80 Å². The highest BCUT2D eigenvalue weighted by Crippen LogP contribution is 2.29. The van der Waals surface area contributed by atoms with Gasteiger partial charge >= 0.3 is 12.3 Å². The maximum Gasteiger partial charge on any atom is 0.410 e. The summed E-state index contributed by atoms with van der Waals surface area (Å²) < 4.78 is 44.5. The first-order valence-electron chi connectivity index (χ1n) is 6.72. The molecule has 1 fully saturated rings. The number of hydrogen-bond acceptors (Lipinski definition) is 3. The summed E-state index contributed by atoms with van der Waals surface area (Å²) >= 11 is 0. The summed E-state index contributed by atoms with van der Waals surface area (Å²) in [4.78, 5) is 14.4. The number of carbonyl (C=O) groups is 1. The molecule has 1 amide bonds. The molecule has 1 rings (SSSR count). The number of hydrogen-bond donors (Lipinski definition) is 0. The zero-order chi connectivity index (χ0) is 15.7. The number of nitrogens with zero attached hydrogens (tertiary/aromatic N) is 2. The van der Waals surface area contributed by atoms with Gasteiger partial charge < -0.3 is 9.64 Å². The maximum absolute atomic E-state index is 13.1. The lowest BCUT2D eigenvalue weighted by Crippen LogP contribution is -2.62. The van der Waals surface area contributed by atoms with Crippen molar-refractivity contribution in [1.29, 1.82) is 0 Å². The third kappa shape index (κ3) is 4.54. The van der Waals surface area contributed by atoms with Crippen molar-refractivity contribution in [3.8, 4) is 0 Å². The van der Waals surface area contributed by atoms with E-state index in [2.05, 4.69) is 0 Å². The molecular weight excluding hydrogens is 273 g/mol. The van der Waals surface area contributed by atoms with E-state index >= 15 is 0 Å². The van der Waals surface area contributed by atoms with Gasteiger partial charge in [0.25, 0.3) is 0 Å². The number of halogens is 3. The van der Waals surface area contributed by atoms with E-state index in [1.54, 1.807) is 34.6 Å². The summed E-state index contributed by atoms with van der Waals surface area (Å²) in [6.07, 6.45) is -5.04. The molecule has 1 unspecified atom stereocenters. The largest absolute Gasteiger partial charge is 0.444 e. The fourth-order valence-corrected chi connectivity index (χ4v) is 2.20. The highest BCUT2D eigenvalue weighted by Gasteiger charge is 2.48. The molecule has 0 radical (unpaired) electrons. The third-order valence-electron chi connectivity index (χ3n) is 3.11. The Morgan fingerprint density at radius 1 is 1.20 bits per heavy atom. The Labute approximate surface area is 117 Å². The smallest absolute Gasteiger partial charge is 0.410 e. The average molecular weight is 296 g/mol. The van der Waals surface area contributed by atoms with E-state index in [0.29, 0.717) is 0 Å². The van der Waals surface area contributed by atoms with Crippen LogP contribution in [0.25, 0.3) is 0 Å². The Hall–Kier alpha value is -0.980. The normalized spacial score (nSPS) is 22.2. The van der Waals surface area contributed by atoms with Gasteiger partial charge in [-0.2, -0.15) is 13.2 Å². The average Bonchev–Trinajstić information content (AvgIpc) is 2.24. The first-order valence-corrected chi connectivity index (χ1v) is 6.72. The zero-order valence-corrected chi connectivity index (χ0v) is 12.6. The maximum atomic E-state index is 13.1. The van der Waals surface area contributed by atoms with Gasteiger partial charge in [0.15, 0.2) is 0 Å². The standard InChI is InChI=1S/C13H23F3N2O2/c1-9(2)18-7-6-17(8-10(18)13(14,15)16)11(19)20-12(3,4)5/h9-10H,6-8H2,1-5H3. The Bertz CT molecular complexity index is 351. The van der Waals surface area contributed by atoms with Crippen LogP contribution in [0.5, 0.6) is 0 Å². The van der Waals surface area contributed by atoms with E-state index in [1.807, 2.05) is 0 Å². The van der Waals surface area contributed by atoms with Gasteiger partial charge in [0.1, 0.15) is 11.6 Å². The molecule has 1 aliphatic heterocycles. The van der Waals surface area contributed by atoms with Crippen molar-refractivity contribution in [2.45, 2.75) is 58.5 Å². The number of ether oxygens (including phenoxy) is 1. The molecule has 4 nitrogen and oxygen atoms in total. The molecule has 0 saturated carbocycles. The van der Waals surface area contributed by atoms with Crippen LogP contribution < -0.4 is 0 Å². The molecule has 1 aliphatic rings. The second-order valence-electron chi connectivity index (χ2n) is 6.32. The molecule has 1 atom stereocenters. The van der Waals surface area contributed by atoms with E-state index < -0.39 is 23.9 Å². The monoisotopic (exact) mass is 296 g/mol. The quantitative estimate of drug-likeness (QED) is 0.746. The fraction of sp³-hybridized carbons (Fsp3) is 0.923. The first kappa shape index (κ1) is 17.1. The Kier molecular flexibility index (Phi) is 4.94. The van der Waals surface area contributed by atoms with Crippen LogP contribution in [0.15, 0.2) is 0 Å². The van der Waals surface area contributed by atoms with Gasteiger partial charge in [-0.1, -0.05) is 0 Å². The van der Waals surface area contributed by atoms with Crippen molar-refractivity contribution < 1.29 is 22.7 Å². The van der Waals surface area contributed by atoms with E-state index in [9.17, 15) is 18.0 Å². The molecule has 0 aromatic rings. The molecule has 0 N–H and O–H groups in total. The van der Waals surface area contributed by atoms with E-state index in [-0.39, 0.29) is 25.7 Å². The summed E-state index contributed by atoms with van der Waals surface area (Å²) in [6.45, 7) is 8.59. The van der Waals surface area contributed by atoms with Gasteiger partial charge in [-0.3, -0.25) is 4.90 Å². The van der Waals surface area contributed by atoms with Gasteiger partial charge in [-0.05, 0) is 34.6 Å². The van der Waals surface area contributed by atoms with Crippen molar-refractivity contribution in [2.75, 3.05) is 19.6 Å². The van der Waals surface area contributed by atoms with Crippen molar-refractivity contribution >= 4 is 6.09 Å². The minimum absolute atomic E-state index is 0.196. The van der Waals surface area contributed by atoms with Crippen molar-refractivity contribution in [3.05, 3.63) is 0 Å². The highest BCUT2D eigenvalue weighted by molar-refractivity contribution is 5.68. The van der Waals surface area contributed by atoms with E-state index in [4.69, 9.17) is 4.74 Å². The molecule has 0 spiro atoms. The summed E-state index contributed by atoms with van der Waals surface area (Å²) in [5.74, 6) is 0. The van der Waals surface area contributed by atoms with Crippen LogP contribution in [0.4, 0.5) is 18.0 Å². The number of carbonyl (C=O) groups excluding carboxylic acids is 1. The Morgan fingerprint density at radius 3 is 2.15 bits per heavy atom. The third-order valence-corrected chi connectivity index (χ3v) is 3.11. The molecule has 0 aromatic carbocycles. The molecule has 1 saturated heterocycles. The predicted octanol–water partition coefficient (Wildman–Crippen LogP) is 2.88. The van der Waals surface area contributed by atoms with Gasteiger partial charge in [0.05, 0.1) is 0 Å². The predicted molar refractivity (Wildman–Crippen MR) is 69.5 cm³/mol. The molecule has 0 bridgehead atoms.